The quantitative estimate of drug-likeness (QED) is 0.405. The number of carbonyl (C=O) groups excluding carboxylic acids is 1. The second kappa shape index (κ2) is 8.46. The van der Waals surface area contributed by atoms with E-state index in [2.05, 4.69) is 43.0 Å². The topological polar surface area (TPSA) is 92.6 Å². The van der Waals surface area contributed by atoms with Crippen molar-refractivity contribution in [2.24, 2.45) is 0 Å². The summed E-state index contributed by atoms with van der Waals surface area (Å²) < 4.78 is 1.96. The molecule has 1 saturated heterocycles. The van der Waals surface area contributed by atoms with Crippen molar-refractivity contribution in [3.63, 3.8) is 0 Å². The average molecular weight is 452 g/mol. The third-order valence-electron chi connectivity index (χ3n) is 6.74. The molecule has 0 atom stereocenters. The minimum absolute atomic E-state index is 0.0245. The van der Waals surface area contributed by atoms with Gasteiger partial charge in [0.05, 0.1) is 47.7 Å². The molecule has 0 saturated carbocycles. The summed E-state index contributed by atoms with van der Waals surface area (Å²) in [4.78, 5) is 31.9. The van der Waals surface area contributed by atoms with Gasteiger partial charge in [0.15, 0.2) is 5.78 Å². The van der Waals surface area contributed by atoms with Gasteiger partial charge in [0.2, 0.25) is 0 Å². The van der Waals surface area contributed by atoms with Crippen LogP contribution < -0.4 is 0 Å². The number of nitrogens with one attached hydrogen (secondary N) is 1. The maximum absolute atomic E-state index is 13.0. The highest BCUT2D eigenvalue weighted by atomic mass is 16.1. The molecule has 0 bridgehead atoms. The number of likely N-dealkylation sites (tertiary alicyclic amines) is 1. The van der Waals surface area contributed by atoms with Gasteiger partial charge in [-0.25, -0.2) is 0 Å². The number of aromatic amines is 1. The van der Waals surface area contributed by atoms with Crippen molar-refractivity contribution in [2.45, 2.75) is 25.3 Å². The fourth-order valence-electron chi connectivity index (χ4n) is 4.74. The Hall–Kier alpha value is -3.91. The molecule has 34 heavy (non-hydrogen) atoms. The maximum atomic E-state index is 13.0. The number of carbonyl (C=O) groups is 1. The van der Waals surface area contributed by atoms with Gasteiger partial charge in [0.1, 0.15) is 0 Å². The van der Waals surface area contributed by atoms with Gasteiger partial charge in [-0.05, 0) is 51.2 Å². The SMILES string of the molecule is CN1CCC(n2cc(C(=O)Cc3cc4cc(-c5cncc6[nH]ccc56)cnc4cn3)cn2)CC1. The number of rotatable bonds is 5. The molecule has 5 aromatic rings. The minimum Gasteiger partial charge on any atom is -0.360 e. The summed E-state index contributed by atoms with van der Waals surface area (Å²) in [5.41, 5.74) is 5.14. The number of hydrogen-bond acceptors (Lipinski definition) is 6. The van der Waals surface area contributed by atoms with Crippen molar-refractivity contribution in [2.75, 3.05) is 20.1 Å². The van der Waals surface area contributed by atoms with E-state index >= 15 is 0 Å². The van der Waals surface area contributed by atoms with Gasteiger partial charge in [-0.3, -0.25) is 24.4 Å². The number of nitrogens with zero attached hydrogens (tertiary/aromatic N) is 6. The van der Waals surface area contributed by atoms with Crippen LogP contribution in [0, 0.1) is 0 Å². The fourth-order valence-corrected chi connectivity index (χ4v) is 4.74. The number of ketones is 1. The molecule has 170 valence electrons. The predicted octanol–water partition coefficient (Wildman–Crippen LogP) is 4.06. The van der Waals surface area contributed by atoms with Crippen LogP contribution >= 0.6 is 0 Å². The van der Waals surface area contributed by atoms with Gasteiger partial charge < -0.3 is 9.88 Å². The Kier molecular flexibility index (Phi) is 5.15. The second-order valence-electron chi connectivity index (χ2n) is 9.06. The molecule has 8 nitrogen and oxygen atoms in total. The molecule has 1 fully saturated rings. The van der Waals surface area contributed by atoms with Crippen molar-refractivity contribution in [3.05, 3.63) is 72.8 Å². The highest BCUT2D eigenvalue weighted by Gasteiger charge is 2.20. The molecular weight excluding hydrogens is 426 g/mol. The van der Waals surface area contributed by atoms with Gasteiger partial charge in [0, 0.05) is 52.4 Å². The summed E-state index contributed by atoms with van der Waals surface area (Å²) in [5, 5.41) is 6.53. The molecule has 5 aromatic heterocycles. The third kappa shape index (κ3) is 3.86. The fraction of sp³-hybridized carbons (Fsp3) is 0.269. The number of pyridine rings is 3. The second-order valence-corrected chi connectivity index (χ2v) is 9.06. The molecule has 0 unspecified atom stereocenters. The van der Waals surface area contributed by atoms with Crippen molar-refractivity contribution >= 4 is 27.6 Å². The van der Waals surface area contributed by atoms with E-state index in [1.54, 1.807) is 12.4 Å². The van der Waals surface area contributed by atoms with Crippen LogP contribution in [0.3, 0.4) is 0 Å². The molecule has 0 aliphatic carbocycles. The molecule has 6 rings (SSSR count). The van der Waals surface area contributed by atoms with Crippen LogP contribution in [-0.2, 0) is 6.42 Å². The lowest BCUT2D eigenvalue weighted by Crippen LogP contribution is -2.31. The van der Waals surface area contributed by atoms with E-state index in [0.717, 1.165) is 64.6 Å². The smallest absolute Gasteiger partial charge is 0.171 e. The summed E-state index contributed by atoms with van der Waals surface area (Å²) in [5.74, 6) is 0.0245. The van der Waals surface area contributed by atoms with E-state index in [1.165, 1.54) is 0 Å². The first kappa shape index (κ1) is 20.7. The minimum atomic E-state index is 0.0245. The predicted molar refractivity (Wildman–Crippen MR) is 131 cm³/mol. The highest BCUT2D eigenvalue weighted by molar-refractivity contribution is 5.98. The molecule has 0 amide bonds. The zero-order chi connectivity index (χ0) is 23.1. The number of hydrogen-bond donors (Lipinski definition) is 1. The molecule has 1 N–H and O–H groups in total. The summed E-state index contributed by atoms with van der Waals surface area (Å²) in [6.45, 7) is 2.11. The average Bonchev–Trinajstić information content (AvgIpc) is 3.54. The first-order valence-corrected chi connectivity index (χ1v) is 11.6. The number of piperidine rings is 1. The van der Waals surface area contributed by atoms with E-state index < -0.39 is 0 Å². The summed E-state index contributed by atoms with van der Waals surface area (Å²) in [6, 6.07) is 6.44. The van der Waals surface area contributed by atoms with Crippen LogP contribution in [0.1, 0.15) is 34.9 Å². The van der Waals surface area contributed by atoms with Gasteiger partial charge in [0.25, 0.3) is 0 Å². The number of fused-ring (bicyclic) bond motifs is 2. The van der Waals surface area contributed by atoms with Crippen LogP contribution in [0.2, 0.25) is 0 Å². The Bertz CT molecular complexity index is 1490. The number of Topliss-reactive ketones (excluding diaryl/α,β-unsaturated/α-hetero) is 1. The van der Waals surface area contributed by atoms with Crippen LogP contribution in [0.4, 0.5) is 0 Å². The Morgan fingerprint density at radius 1 is 1.09 bits per heavy atom. The summed E-state index contributed by atoms with van der Waals surface area (Å²) >= 11 is 0. The van der Waals surface area contributed by atoms with Gasteiger partial charge >= 0.3 is 0 Å². The Balaban J connectivity index is 1.24. The van der Waals surface area contributed by atoms with E-state index in [-0.39, 0.29) is 12.2 Å². The highest BCUT2D eigenvalue weighted by Crippen LogP contribution is 2.29. The lowest BCUT2D eigenvalue weighted by Gasteiger charge is -2.28. The zero-order valence-corrected chi connectivity index (χ0v) is 19.0. The molecule has 6 heterocycles. The van der Waals surface area contributed by atoms with Gasteiger partial charge in [-0.1, -0.05) is 0 Å². The van der Waals surface area contributed by atoms with Crippen molar-refractivity contribution in [1.29, 1.82) is 0 Å². The van der Waals surface area contributed by atoms with E-state index in [1.807, 2.05) is 47.8 Å². The molecule has 8 heteroatoms. The first-order chi connectivity index (χ1) is 16.6. The third-order valence-corrected chi connectivity index (χ3v) is 6.74. The Morgan fingerprint density at radius 3 is 2.85 bits per heavy atom. The Labute approximate surface area is 196 Å². The van der Waals surface area contributed by atoms with Crippen LogP contribution in [-0.4, -0.2) is 60.5 Å². The van der Waals surface area contributed by atoms with E-state index in [9.17, 15) is 4.79 Å². The lowest BCUT2D eigenvalue weighted by molar-refractivity contribution is 0.0991. The normalized spacial score (nSPS) is 15.3. The van der Waals surface area contributed by atoms with Crippen molar-refractivity contribution < 1.29 is 4.79 Å². The molecule has 1 aliphatic rings. The molecular formula is C26H25N7O. The van der Waals surface area contributed by atoms with Crippen LogP contribution in [0.5, 0.6) is 0 Å². The van der Waals surface area contributed by atoms with Crippen LogP contribution in [0.15, 0.2) is 61.6 Å². The largest absolute Gasteiger partial charge is 0.360 e. The number of aromatic nitrogens is 6. The van der Waals surface area contributed by atoms with Crippen LogP contribution in [0.25, 0.3) is 32.9 Å². The monoisotopic (exact) mass is 451 g/mol. The lowest BCUT2D eigenvalue weighted by atomic mass is 10.0. The maximum Gasteiger partial charge on any atom is 0.171 e. The van der Waals surface area contributed by atoms with E-state index in [4.69, 9.17) is 0 Å². The molecule has 1 aliphatic heterocycles. The molecule has 0 spiro atoms. The number of H-pyrrole nitrogens is 1. The van der Waals surface area contributed by atoms with Crippen molar-refractivity contribution in [3.8, 4) is 11.1 Å². The summed E-state index contributed by atoms with van der Waals surface area (Å²) in [6.07, 6.45) is 15.1. The Morgan fingerprint density at radius 2 is 1.97 bits per heavy atom. The molecule has 0 aromatic carbocycles. The first-order valence-electron chi connectivity index (χ1n) is 11.6. The van der Waals surface area contributed by atoms with Gasteiger partial charge in [-0.2, -0.15) is 5.10 Å². The van der Waals surface area contributed by atoms with Gasteiger partial charge in [-0.15, -0.1) is 0 Å². The molecule has 0 radical (unpaired) electrons. The standard InChI is InChI=1S/C26H25N7O/c1-32-6-3-21(4-7-32)33-16-19(12-31-33)26(34)10-20-9-17-8-18(11-30-24(17)15-29-20)23-13-27-14-25-22(23)2-5-28-25/h2,5,8-9,11-16,21,28H,3-4,6-7,10H2,1H3. The zero-order valence-electron chi connectivity index (χ0n) is 19.0. The summed E-state index contributed by atoms with van der Waals surface area (Å²) in [7, 11) is 2.14. The van der Waals surface area contributed by atoms with Crippen molar-refractivity contribution in [1.82, 2.24) is 34.6 Å². The van der Waals surface area contributed by atoms with E-state index in [0.29, 0.717) is 11.6 Å².